The summed E-state index contributed by atoms with van der Waals surface area (Å²) in [7, 11) is 1.35. The monoisotopic (exact) mass is 496 g/mol. The molecule has 1 fully saturated rings. The molecular formula is C23H28O12. The number of benzene rings is 1. The zero-order valence-corrected chi connectivity index (χ0v) is 18.7. The van der Waals surface area contributed by atoms with Crippen molar-refractivity contribution in [1.82, 2.24) is 0 Å². The maximum Gasteiger partial charge on any atom is 0.338 e. The molecule has 12 heteroatoms. The Morgan fingerprint density at radius 1 is 1.06 bits per heavy atom. The van der Waals surface area contributed by atoms with Crippen LogP contribution in [0.4, 0.5) is 0 Å². The third-order valence-corrected chi connectivity index (χ3v) is 6.33. The molecule has 1 aliphatic carbocycles. The van der Waals surface area contributed by atoms with Gasteiger partial charge in [0.05, 0.1) is 31.6 Å². The quantitative estimate of drug-likeness (QED) is 0.196. The van der Waals surface area contributed by atoms with Gasteiger partial charge in [0.15, 0.2) is 17.8 Å². The summed E-state index contributed by atoms with van der Waals surface area (Å²) in [5.41, 5.74) is 0.550. The summed E-state index contributed by atoms with van der Waals surface area (Å²) < 4.78 is 26.9. The molecule has 0 spiro atoms. The van der Waals surface area contributed by atoms with Gasteiger partial charge in [-0.15, -0.1) is 0 Å². The maximum absolute atomic E-state index is 12.4. The summed E-state index contributed by atoms with van der Waals surface area (Å²) in [5.74, 6) is -1.74. The van der Waals surface area contributed by atoms with Crippen LogP contribution in [0.5, 0.6) is 11.5 Å². The number of ether oxygens (including phenoxy) is 5. The largest absolute Gasteiger partial charge is 0.504 e. The van der Waals surface area contributed by atoms with Crippen molar-refractivity contribution in [2.45, 2.75) is 43.1 Å². The van der Waals surface area contributed by atoms with Gasteiger partial charge in [0.1, 0.15) is 31.0 Å². The van der Waals surface area contributed by atoms with Gasteiger partial charge in [-0.25, -0.2) is 4.79 Å². The highest BCUT2D eigenvalue weighted by Crippen LogP contribution is 2.40. The highest BCUT2D eigenvalue weighted by Gasteiger charge is 2.48. The normalized spacial score (nSPS) is 36.2. The van der Waals surface area contributed by atoms with Gasteiger partial charge in [0, 0.05) is 11.8 Å². The maximum atomic E-state index is 12.4. The first-order chi connectivity index (χ1) is 16.7. The third kappa shape index (κ3) is 5.00. The predicted molar refractivity (Wildman–Crippen MR) is 115 cm³/mol. The number of hydrogen-bond acceptors (Lipinski definition) is 12. The highest BCUT2D eigenvalue weighted by molar-refractivity contribution is 5.90. The van der Waals surface area contributed by atoms with Gasteiger partial charge < -0.3 is 54.3 Å². The number of carbonyl (C=O) groups excluding carboxylic acids is 1. The van der Waals surface area contributed by atoms with E-state index in [1.165, 1.54) is 31.6 Å². The fourth-order valence-corrected chi connectivity index (χ4v) is 4.32. The lowest BCUT2D eigenvalue weighted by Gasteiger charge is -2.42. The molecule has 2 aliphatic heterocycles. The van der Waals surface area contributed by atoms with Crippen molar-refractivity contribution in [1.29, 1.82) is 0 Å². The zero-order chi connectivity index (χ0) is 25.3. The van der Waals surface area contributed by atoms with Crippen molar-refractivity contribution in [3.8, 4) is 11.5 Å². The molecule has 9 unspecified atom stereocenters. The molecule has 12 nitrogen and oxygen atoms in total. The van der Waals surface area contributed by atoms with Crippen LogP contribution in [0.3, 0.4) is 0 Å². The number of esters is 1. The molecule has 9 atom stereocenters. The minimum absolute atomic E-state index is 0.112. The van der Waals surface area contributed by atoms with Gasteiger partial charge in [0.25, 0.3) is 0 Å². The van der Waals surface area contributed by atoms with Crippen molar-refractivity contribution < 1.29 is 59.1 Å². The molecule has 6 N–H and O–H groups in total. The lowest BCUT2D eigenvalue weighted by molar-refractivity contribution is -0.339. The SMILES string of the molecule is COc1cc(C(=O)OCC2=CC3C(OC4OC(CO)C(O)C(O)C4O)OC=CC3C2O)ccc1O. The Bertz CT molecular complexity index is 975. The van der Waals surface area contributed by atoms with Gasteiger partial charge in [-0.1, -0.05) is 6.08 Å². The topological polar surface area (TPSA) is 185 Å². The minimum Gasteiger partial charge on any atom is -0.504 e. The van der Waals surface area contributed by atoms with Gasteiger partial charge in [0.2, 0.25) is 6.29 Å². The molecule has 35 heavy (non-hydrogen) atoms. The molecule has 1 aromatic rings. The van der Waals surface area contributed by atoms with E-state index in [0.29, 0.717) is 5.57 Å². The number of carbonyl (C=O) groups is 1. The van der Waals surface area contributed by atoms with E-state index in [2.05, 4.69) is 0 Å². The molecule has 2 heterocycles. The lowest BCUT2D eigenvalue weighted by atomic mass is 9.91. The van der Waals surface area contributed by atoms with Gasteiger partial charge in [-0.2, -0.15) is 0 Å². The van der Waals surface area contributed by atoms with Crippen molar-refractivity contribution in [2.75, 3.05) is 20.3 Å². The van der Waals surface area contributed by atoms with Crippen LogP contribution in [-0.4, -0.2) is 100 Å². The Morgan fingerprint density at radius 2 is 1.83 bits per heavy atom. The van der Waals surface area contributed by atoms with E-state index in [-0.39, 0.29) is 23.7 Å². The molecule has 0 aromatic heterocycles. The number of aromatic hydroxyl groups is 1. The fraction of sp³-hybridized carbons (Fsp3) is 0.522. The Morgan fingerprint density at radius 3 is 2.54 bits per heavy atom. The van der Waals surface area contributed by atoms with E-state index >= 15 is 0 Å². The summed E-state index contributed by atoms with van der Waals surface area (Å²) in [6, 6.07) is 4.01. The zero-order valence-electron chi connectivity index (χ0n) is 18.7. The molecule has 0 bridgehead atoms. The van der Waals surface area contributed by atoms with Crippen LogP contribution >= 0.6 is 0 Å². The number of methoxy groups -OCH3 is 1. The van der Waals surface area contributed by atoms with E-state index in [0.717, 1.165) is 0 Å². The molecule has 4 rings (SSSR count). The van der Waals surface area contributed by atoms with E-state index in [4.69, 9.17) is 23.7 Å². The Balaban J connectivity index is 1.43. The summed E-state index contributed by atoms with van der Waals surface area (Å²) >= 11 is 0. The Hall–Kier alpha value is -2.71. The second kappa shape index (κ2) is 10.5. The van der Waals surface area contributed by atoms with E-state index in [1.807, 2.05) is 0 Å². The Kier molecular flexibility index (Phi) is 7.62. The lowest BCUT2D eigenvalue weighted by Crippen LogP contribution is -2.60. The first-order valence-electron chi connectivity index (χ1n) is 11.0. The van der Waals surface area contributed by atoms with Crippen molar-refractivity contribution in [3.63, 3.8) is 0 Å². The fourth-order valence-electron chi connectivity index (χ4n) is 4.32. The smallest absolute Gasteiger partial charge is 0.338 e. The first-order valence-corrected chi connectivity index (χ1v) is 11.0. The molecule has 192 valence electrons. The van der Waals surface area contributed by atoms with Crippen molar-refractivity contribution >= 4 is 5.97 Å². The number of phenolic OH excluding ortho intramolecular Hbond substituents is 1. The number of phenols is 1. The number of fused-ring (bicyclic) bond motifs is 1. The van der Waals surface area contributed by atoms with Gasteiger partial charge in [-0.3, -0.25) is 0 Å². The second-order valence-electron chi connectivity index (χ2n) is 8.47. The molecule has 0 saturated carbocycles. The van der Waals surface area contributed by atoms with Crippen LogP contribution in [0.2, 0.25) is 0 Å². The van der Waals surface area contributed by atoms with E-state index in [9.17, 15) is 35.4 Å². The van der Waals surface area contributed by atoms with Crippen LogP contribution in [0.25, 0.3) is 0 Å². The first kappa shape index (κ1) is 25.4. The summed E-state index contributed by atoms with van der Waals surface area (Å²) in [6.45, 7) is -0.833. The Labute approximate surface area is 200 Å². The van der Waals surface area contributed by atoms with E-state index in [1.54, 1.807) is 12.2 Å². The number of aliphatic hydroxyl groups is 5. The van der Waals surface area contributed by atoms with Crippen molar-refractivity contribution in [3.05, 3.63) is 47.7 Å². The molecule has 0 radical (unpaired) electrons. The summed E-state index contributed by atoms with van der Waals surface area (Å²) in [6.07, 6.45) is -4.79. The van der Waals surface area contributed by atoms with E-state index < -0.39 is 67.5 Å². The molecular weight excluding hydrogens is 468 g/mol. The highest BCUT2D eigenvalue weighted by atomic mass is 16.8. The molecule has 3 aliphatic rings. The molecule has 1 saturated heterocycles. The minimum atomic E-state index is -1.61. The van der Waals surface area contributed by atoms with Crippen LogP contribution in [0.1, 0.15) is 10.4 Å². The summed E-state index contributed by atoms with van der Waals surface area (Å²) in [5, 5.41) is 60.0. The number of hydrogen-bond donors (Lipinski definition) is 6. The average Bonchev–Trinajstić information content (AvgIpc) is 3.19. The van der Waals surface area contributed by atoms with Gasteiger partial charge in [-0.05, 0) is 29.8 Å². The van der Waals surface area contributed by atoms with Gasteiger partial charge >= 0.3 is 5.97 Å². The molecule has 1 aromatic carbocycles. The predicted octanol–water partition coefficient (Wildman–Crippen LogP) is -1.22. The standard InChI is InChI=1S/C23H28O12/c1-31-15-7-10(2-3-14(15)25)21(30)33-9-11-6-13-12(17(11)26)4-5-32-22(13)35-23-20(29)19(28)18(27)16(8-24)34-23/h2-7,12-13,16-20,22-29H,8-9H2,1H3. The van der Waals surface area contributed by atoms with Crippen LogP contribution in [-0.2, 0) is 18.9 Å². The number of rotatable bonds is 7. The molecule has 0 amide bonds. The summed E-state index contributed by atoms with van der Waals surface area (Å²) in [4.78, 5) is 12.4. The van der Waals surface area contributed by atoms with Crippen LogP contribution < -0.4 is 4.74 Å². The third-order valence-electron chi connectivity index (χ3n) is 6.33. The van der Waals surface area contributed by atoms with Crippen molar-refractivity contribution in [2.24, 2.45) is 11.8 Å². The van der Waals surface area contributed by atoms with Crippen LogP contribution in [0.15, 0.2) is 42.2 Å². The average molecular weight is 496 g/mol. The number of aliphatic hydroxyl groups excluding tert-OH is 5. The van der Waals surface area contributed by atoms with Crippen LogP contribution in [0, 0.1) is 11.8 Å². The second-order valence-corrected chi connectivity index (χ2v) is 8.47.